The fourth-order valence-electron chi connectivity index (χ4n) is 12.7. The van der Waals surface area contributed by atoms with Crippen molar-refractivity contribution in [3.05, 3.63) is 45.2 Å². The number of oxime groups is 1. The normalized spacial score (nSPS) is 36.6. The van der Waals surface area contributed by atoms with Crippen molar-refractivity contribution in [2.24, 2.45) is 28.8 Å². The number of carbonyl (C=O) groups is 3. The molecule has 4 aliphatic heterocycles. The van der Waals surface area contributed by atoms with E-state index in [1.807, 2.05) is 52.8 Å². The minimum absolute atomic E-state index is 0.0258. The molecule has 3 fully saturated rings. The molecule has 0 spiro atoms. The largest absolute Gasteiger partial charge is 0.477 e. The lowest BCUT2D eigenvalue weighted by Gasteiger charge is -2.50. The molecule has 1 aromatic heterocycles. The Morgan fingerprint density at radius 3 is 2.27 bits per heavy atom. The minimum atomic E-state index is -1.98. The van der Waals surface area contributed by atoms with Crippen molar-refractivity contribution in [2.45, 2.75) is 212 Å². The van der Waals surface area contributed by atoms with Crippen LogP contribution in [0.2, 0.25) is 0 Å². The standard InChI is InChI=1S/C59H94N4O19/c1-16-43-59(10,71)51(67)34(4)46(61-76-31-72-13)32(2)27-57(8,73-14)52(82-56-49(66)42(62(11)12)24-33(3)77-56)35(5)50(36(6)55(70)79-43)81-45-28-58(9,74-15)53(37(7)78-45)80-44(64)19-21-60-20-17-18-38-25-39-30-75-23-22-63-29-41(54(68)69)48(65)40(26-38)47(39)63/h25-26,29,32-37,42-43,45,49-53,56,60,66-67,71H,16-24,27-28,30-31H2,1-15H3,(H,68,69)/b61-46+/t32-,33-,34+,35+,36-,37+,42+,43-,45+,49-,50+,51-,52-,53+,56+,57-,58-,59-/m1/s1. The molecular formula is C59H94N4O19. The lowest BCUT2D eigenvalue weighted by Crippen LogP contribution is -2.61. The van der Waals surface area contributed by atoms with Crippen molar-refractivity contribution in [1.82, 2.24) is 14.8 Å². The quantitative estimate of drug-likeness (QED) is 0.0526. The van der Waals surface area contributed by atoms with Gasteiger partial charge in [-0.15, -0.1) is 0 Å². The van der Waals surface area contributed by atoms with Gasteiger partial charge in [0.1, 0.15) is 29.0 Å². The Hall–Kier alpha value is -4.21. The lowest BCUT2D eigenvalue weighted by atomic mass is 9.73. The summed E-state index contributed by atoms with van der Waals surface area (Å²) in [6.45, 7) is 19.4. The Balaban J connectivity index is 1.22. The van der Waals surface area contributed by atoms with Gasteiger partial charge in [-0.25, -0.2) is 4.79 Å². The number of hydrogen-bond donors (Lipinski definition) is 5. The first-order chi connectivity index (χ1) is 38.7. The average Bonchev–Trinajstić information content (AvgIpc) is 3.84. The Kier molecular flexibility index (Phi) is 23.5. The molecule has 5 heterocycles. The summed E-state index contributed by atoms with van der Waals surface area (Å²) in [5.74, 6) is -5.76. The van der Waals surface area contributed by atoms with Crippen LogP contribution in [0.4, 0.5) is 0 Å². The summed E-state index contributed by atoms with van der Waals surface area (Å²) in [6.07, 6.45) is -6.61. The molecule has 0 amide bonds. The molecule has 18 atom stereocenters. The van der Waals surface area contributed by atoms with E-state index in [0.717, 1.165) is 11.1 Å². The van der Waals surface area contributed by atoms with Gasteiger partial charge in [0, 0.05) is 81.8 Å². The number of aryl methyl sites for hydroxylation is 1. The van der Waals surface area contributed by atoms with Gasteiger partial charge in [0.05, 0.1) is 72.9 Å². The second-order valence-corrected chi connectivity index (χ2v) is 23.9. The monoisotopic (exact) mass is 1160 g/mol. The van der Waals surface area contributed by atoms with E-state index in [-0.39, 0.29) is 50.2 Å². The Morgan fingerprint density at radius 1 is 0.927 bits per heavy atom. The fraction of sp³-hybridized carbons (Fsp3) is 0.780. The SMILES string of the molecule is CC[C@H]1OC(=O)[C@H](C)[C@@H](O[C@H]2C[C@@](C)(OC)[C@@H](OC(=O)CCNCCCc3cc4c5c(c3)c(=O)c(C(=O)O)cn5CCOC4)[C@H](C)O2)[C@H](C)[C@@H](O[C@@H]2O[C@H](C)C[C@H](N(C)C)[C@H]2O)[C@](C)(OC)C[C@@H](C)/C(=N\OCOC)[C@H](C)[C@@H](O)[C@]1(C)O. The number of aromatic carboxylic acids is 1. The molecule has 0 unspecified atom stereocenters. The zero-order chi connectivity index (χ0) is 60.6. The van der Waals surface area contributed by atoms with Crippen molar-refractivity contribution in [3.63, 3.8) is 0 Å². The molecule has 0 saturated carbocycles. The number of benzene rings is 1. The van der Waals surface area contributed by atoms with Gasteiger partial charge in [0.15, 0.2) is 18.7 Å². The number of methoxy groups -OCH3 is 3. The first-order valence-corrected chi connectivity index (χ1v) is 28.9. The summed E-state index contributed by atoms with van der Waals surface area (Å²) in [4.78, 5) is 61.0. The third-order valence-corrected chi connectivity index (χ3v) is 17.5. The number of nitrogens with one attached hydrogen (secondary N) is 1. The van der Waals surface area contributed by atoms with Gasteiger partial charge in [-0.3, -0.25) is 14.4 Å². The number of aromatic nitrogens is 1. The first-order valence-electron chi connectivity index (χ1n) is 28.9. The summed E-state index contributed by atoms with van der Waals surface area (Å²) in [5, 5.41) is 54.0. The summed E-state index contributed by atoms with van der Waals surface area (Å²) in [5.41, 5.74) is -2.50. The van der Waals surface area contributed by atoms with Crippen LogP contribution < -0.4 is 10.7 Å². The van der Waals surface area contributed by atoms with Crippen LogP contribution in [0.25, 0.3) is 10.9 Å². The van der Waals surface area contributed by atoms with Crippen LogP contribution in [0.1, 0.15) is 129 Å². The molecule has 0 radical (unpaired) electrons. The van der Waals surface area contributed by atoms with Crippen LogP contribution in [0, 0.1) is 23.7 Å². The minimum Gasteiger partial charge on any atom is -0.477 e. The topological polar surface area (TPSA) is 283 Å². The maximum absolute atomic E-state index is 14.8. The van der Waals surface area contributed by atoms with Gasteiger partial charge < -0.3 is 87.4 Å². The third-order valence-electron chi connectivity index (χ3n) is 17.5. The highest BCUT2D eigenvalue weighted by atomic mass is 16.7. The highest BCUT2D eigenvalue weighted by molar-refractivity contribution is 5.94. The van der Waals surface area contributed by atoms with Gasteiger partial charge in [-0.05, 0) is 106 Å². The van der Waals surface area contributed by atoms with Crippen molar-refractivity contribution in [1.29, 1.82) is 0 Å². The Bertz CT molecular complexity index is 2560. The summed E-state index contributed by atoms with van der Waals surface area (Å²) in [6, 6.07) is 3.42. The van der Waals surface area contributed by atoms with Crippen molar-refractivity contribution >= 4 is 34.5 Å². The molecule has 3 saturated heterocycles. The van der Waals surface area contributed by atoms with E-state index in [1.165, 1.54) is 34.4 Å². The Morgan fingerprint density at radius 2 is 1.62 bits per heavy atom. The number of esters is 2. The number of cyclic esters (lactones) is 1. The smallest absolute Gasteiger partial charge is 0.341 e. The second kappa shape index (κ2) is 28.8. The van der Waals surface area contributed by atoms with Crippen LogP contribution >= 0.6 is 0 Å². The number of carboxylic acid groups (broad SMARTS) is 1. The van der Waals surface area contributed by atoms with Crippen LogP contribution in [-0.4, -0.2) is 200 Å². The molecule has 5 N–H and O–H groups in total. The van der Waals surface area contributed by atoms with E-state index in [0.29, 0.717) is 68.7 Å². The molecule has 0 bridgehead atoms. The highest BCUT2D eigenvalue weighted by Gasteiger charge is 2.55. The number of carboxylic acids is 1. The molecule has 82 heavy (non-hydrogen) atoms. The van der Waals surface area contributed by atoms with Crippen molar-refractivity contribution < 1.29 is 87.0 Å². The van der Waals surface area contributed by atoms with Crippen molar-refractivity contribution in [2.75, 3.05) is 61.9 Å². The van der Waals surface area contributed by atoms with E-state index in [4.69, 9.17) is 52.2 Å². The van der Waals surface area contributed by atoms with Gasteiger partial charge in [-0.2, -0.15) is 0 Å². The van der Waals surface area contributed by atoms with Crippen molar-refractivity contribution in [3.8, 4) is 0 Å². The maximum atomic E-state index is 14.8. The van der Waals surface area contributed by atoms with Crippen LogP contribution in [0.3, 0.4) is 0 Å². The molecule has 1 aromatic carbocycles. The molecule has 6 rings (SSSR count). The fourth-order valence-corrected chi connectivity index (χ4v) is 12.7. The van der Waals surface area contributed by atoms with Crippen LogP contribution in [0.5, 0.6) is 0 Å². The van der Waals surface area contributed by atoms with E-state index in [1.54, 1.807) is 45.3 Å². The van der Waals surface area contributed by atoms with Gasteiger partial charge in [-0.1, -0.05) is 38.9 Å². The summed E-state index contributed by atoms with van der Waals surface area (Å²) < 4.78 is 64.7. The van der Waals surface area contributed by atoms with E-state index < -0.39 is 119 Å². The molecule has 464 valence electrons. The van der Waals surface area contributed by atoms with Gasteiger partial charge in [0.25, 0.3) is 0 Å². The number of aliphatic hydroxyl groups is 3. The number of rotatable bonds is 20. The third kappa shape index (κ3) is 15.2. The van der Waals surface area contributed by atoms with E-state index in [9.17, 15) is 39.6 Å². The zero-order valence-electron chi connectivity index (χ0n) is 50.8. The lowest BCUT2D eigenvalue weighted by molar-refractivity contribution is -0.320. The number of carbonyl (C=O) groups excluding carboxylic acids is 2. The van der Waals surface area contributed by atoms with Crippen LogP contribution in [0.15, 0.2) is 28.3 Å². The van der Waals surface area contributed by atoms with E-state index >= 15 is 0 Å². The number of aliphatic hydroxyl groups excluding tert-OH is 2. The predicted molar refractivity (Wildman–Crippen MR) is 301 cm³/mol. The number of nitrogens with zero attached hydrogens (tertiary/aromatic N) is 3. The molecule has 2 aromatic rings. The average molecular weight is 1160 g/mol. The molecule has 23 nitrogen and oxygen atoms in total. The highest BCUT2D eigenvalue weighted by Crippen LogP contribution is 2.43. The number of hydrogen-bond acceptors (Lipinski definition) is 21. The van der Waals surface area contributed by atoms with E-state index in [2.05, 4.69) is 10.5 Å². The molecule has 0 aliphatic carbocycles. The number of likely N-dealkylation sites (N-methyl/N-ethyl adjacent to an activating group) is 1. The second-order valence-electron chi connectivity index (χ2n) is 23.9. The van der Waals surface area contributed by atoms with Gasteiger partial charge in [0.2, 0.25) is 12.2 Å². The Labute approximate surface area is 482 Å². The first kappa shape index (κ1) is 66.9. The maximum Gasteiger partial charge on any atom is 0.341 e. The van der Waals surface area contributed by atoms with Gasteiger partial charge >= 0.3 is 17.9 Å². The molecule has 23 heteroatoms. The summed E-state index contributed by atoms with van der Waals surface area (Å²) >= 11 is 0. The summed E-state index contributed by atoms with van der Waals surface area (Å²) in [7, 11) is 8.26. The zero-order valence-corrected chi connectivity index (χ0v) is 50.8. The predicted octanol–water partition coefficient (Wildman–Crippen LogP) is 4.55. The number of pyridine rings is 1. The van der Waals surface area contributed by atoms with Crippen LogP contribution in [-0.2, 0) is 81.4 Å². The number of ether oxygens (including phenoxy) is 10. The molecule has 4 aliphatic rings. The molecular weight excluding hydrogens is 1070 g/mol.